The van der Waals surface area contributed by atoms with Crippen molar-refractivity contribution in [3.8, 4) is 0 Å². The maximum Gasteiger partial charge on any atom is 0.472 e. The first-order valence-electron chi connectivity index (χ1n) is 40.7. The highest BCUT2D eigenvalue weighted by Crippen LogP contribution is 2.45. The smallest absolute Gasteiger partial charge is 0.462 e. The Morgan fingerprint density at radius 1 is 0.289 bits per heavy atom. The third-order valence-corrected chi connectivity index (χ3v) is 20.5. The molecule has 3 unspecified atom stereocenters. The van der Waals surface area contributed by atoms with E-state index in [-0.39, 0.29) is 25.7 Å². The summed E-state index contributed by atoms with van der Waals surface area (Å²) in [6.07, 6.45) is 61.4. The van der Waals surface area contributed by atoms with Crippen LogP contribution in [0, 0.1) is 5.92 Å². The first kappa shape index (κ1) is 95.1. The van der Waals surface area contributed by atoms with E-state index in [2.05, 4.69) is 34.6 Å². The lowest BCUT2D eigenvalue weighted by Crippen LogP contribution is -2.30. The maximum absolute atomic E-state index is 13.1. The van der Waals surface area contributed by atoms with Crippen molar-refractivity contribution in [3.63, 3.8) is 0 Å². The lowest BCUT2D eigenvalue weighted by molar-refractivity contribution is -0.161. The summed E-state index contributed by atoms with van der Waals surface area (Å²) in [6.45, 7) is 7.28. The van der Waals surface area contributed by atoms with Gasteiger partial charge in [-0.2, -0.15) is 0 Å². The summed E-state index contributed by atoms with van der Waals surface area (Å²) in [5.74, 6) is -1.28. The molecular formula is C78H152O17P2. The normalized spacial score (nSPS) is 14.2. The number of aliphatic hydroxyl groups is 1. The molecule has 3 N–H and O–H groups in total. The Bertz CT molecular complexity index is 1860. The Balaban J connectivity index is 5.13. The average molecular weight is 1420 g/mol. The molecule has 0 aliphatic heterocycles. The Morgan fingerprint density at radius 2 is 0.495 bits per heavy atom. The van der Waals surface area contributed by atoms with Gasteiger partial charge in [-0.15, -0.1) is 0 Å². The van der Waals surface area contributed by atoms with Crippen LogP contribution in [0.3, 0.4) is 0 Å². The standard InChI is InChI=1S/C78H152O17P2/c1-6-10-13-16-18-20-22-24-26-28-29-31-35-39-43-47-52-57-62-76(81)89-68-74(95-78(83)64-59-54-49-45-41-37-33-32-34-38-42-46-51-55-60-71(5)9-4)70-93-97(86,87)91-66-72(79)65-90-96(84,85)92-69-73(67-88-75(80)61-56-50-15-12-8-3)94-77(82)63-58-53-48-44-40-36-30-27-25-23-21-19-17-14-11-7-2/h71-74,79H,6-70H2,1-5H3,(H,84,85)(H,86,87)/t71?,72-,73+,74+/m0/s1. The quantitative estimate of drug-likeness (QED) is 0.0222. The van der Waals surface area contributed by atoms with Crippen LogP contribution in [0.25, 0.3) is 0 Å². The zero-order valence-electron chi connectivity index (χ0n) is 63.2. The number of hydrogen-bond donors (Lipinski definition) is 3. The topological polar surface area (TPSA) is 237 Å². The van der Waals surface area contributed by atoms with E-state index in [1.165, 1.54) is 231 Å². The molecule has 0 fully saturated rings. The molecule has 0 saturated carbocycles. The SMILES string of the molecule is CCCCCCCCCCCCCCCCCCCCC(=O)OC[C@H](COP(=O)(O)OC[C@@H](O)COP(=O)(O)OC[C@@H](COC(=O)CCCCCCC)OC(=O)CCCCCCCCCCCCCCCCCC)OC(=O)CCCCCCCCCCCCCCCCC(C)CC. The van der Waals surface area contributed by atoms with Gasteiger partial charge in [0.25, 0.3) is 0 Å². The number of rotatable bonds is 78. The molecule has 0 amide bonds. The van der Waals surface area contributed by atoms with Crippen molar-refractivity contribution in [2.45, 2.75) is 432 Å². The molecule has 0 saturated heterocycles. The van der Waals surface area contributed by atoms with Gasteiger partial charge in [-0.25, -0.2) is 9.13 Å². The Morgan fingerprint density at radius 3 is 0.732 bits per heavy atom. The Labute approximate surface area is 594 Å². The van der Waals surface area contributed by atoms with Gasteiger partial charge in [-0.05, 0) is 31.6 Å². The summed E-state index contributed by atoms with van der Waals surface area (Å²) in [5.41, 5.74) is 0. The van der Waals surface area contributed by atoms with E-state index < -0.39 is 97.5 Å². The number of phosphoric acid groups is 2. The van der Waals surface area contributed by atoms with Crippen LogP contribution in [0.15, 0.2) is 0 Å². The number of carbonyl (C=O) groups is 4. The highest BCUT2D eigenvalue weighted by Gasteiger charge is 2.30. The van der Waals surface area contributed by atoms with Gasteiger partial charge in [0.1, 0.15) is 19.3 Å². The molecule has 97 heavy (non-hydrogen) atoms. The fourth-order valence-electron chi connectivity index (χ4n) is 12.0. The fourth-order valence-corrected chi connectivity index (χ4v) is 13.6. The third kappa shape index (κ3) is 70.9. The molecule has 0 aromatic heterocycles. The molecule has 0 heterocycles. The molecule has 17 nitrogen and oxygen atoms in total. The third-order valence-electron chi connectivity index (χ3n) is 18.6. The summed E-state index contributed by atoms with van der Waals surface area (Å²) >= 11 is 0. The molecule has 0 rings (SSSR count). The predicted molar refractivity (Wildman–Crippen MR) is 395 cm³/mol. The van der Waals surface area contributed by atoms with Gasteiger partial charge >= 0.3 is 39.5 Å². The van der Waals surface area contributed by atoms with E-state index in [1.807, 2.05) is 0 Å². The van der Waals surface area contributed by atoms with Crippen LogP contribution in [-0.2, 0) is 65.4 Å². The van der Waals surface area contributed by atoms with E-state index >= 15 is 0 Å². The van der Waals surface area contributed by atoms with Crippen LogP contribution in [0.5, 0.6) is 0 Å². The minimum atomic E-state index is -4.96. The zero-order chi connectivity index (χ0) is 71.2. The second kappa shape index (κ2) is 71.1. The van der Waals surface area contributed by atoms with Crippen LogP contribution in [0.2, 0.25) is 0 Å². The first-order valence-corrected chi connectivity index (χ1v) is 43.7. The van der Waals surface area contributed by atoms with Gasteiger partial charge in [0.05, 0.1) is 26.4 Å². The van der Waals surface area contributed by atoms with Gasteiger partial charge < -0.3 is 33.8 Å². The number of unbranched alkanes of at least 4 members (excludes halogenated alkanes) is 49. The van der Waals surface area contributed by atoms with Crippen LogP contribution in [0.4, 0.5) is 0 Å². The van der Waals surface area contributed by atoms with E-state index in [4.69, 9.17) is 37.0 Å². The highest BCUT2D eigenvalue weighted by molar-refractivity contribution is 7.47. The largest absolute Gasteiger partial charge is 0.472 e. The molecule has 0 aromatic rings. The monoisotopic (exact) mass is 1420 g/mol. The maximum atomic E-state index is 13.1. The molecule has 19 heteroatoms. The molecule has 576 valence electrons. The highest BCUT2D eigenvalue weighted by atomic mass is 31.2. The molecule has 0 aliphatic rings. The number of aliphatic hydroxyl groups excluding tert-OH is 1. The van der Waals surface area contributed by atoms with Crippen molar-refractivity contribution in [2.24, 2.45) is 5.92 Å². The van der Waals surface area contributed by atoms with E-state index in [0.29, 0.717) is 25.7 Å². The predicted octanol–water partition coefficient (Wildman–Crippen LogP) is 23.3. The summed E-state index contributed by atoms with van der Waals surface area (Å²) in [6, 6.07) is 0. The molecule has 6 atom stereocenters. The van der Waals surface area contributed by atoms with Crippen molar-refractivity contribution < 1.29 is 80.2 Å². The summed E-state index contributed by atoms with van der Waals surface area (Å²) < 4.78 is 68.4. The number of hydrogen-bond acceptors (Lipinski definition) is 15. The van der Waals surface area contributed by atoms with Crippen molar-refractivity contribution >= 4 is 39.5 Å². The zero-order valence-corrected chi connectivity index (χ0v) is 65.0. The number of ether oxygens (including phenoxy) is 4. The van der Waals surface area contributed by atoms with E-state index in [0.717, 1.165) is 102 Å². The summed E-state index contributed by atoms with van der Waals surface area (Å²) in [4.78, 5) is 72.6. The fraction of sp³-hybridized carbons (Fsp3) is 0.949. The second-order valence-corrected chi connectivity index (χ2v) is 31.3. The summed E-state index contributed by atoms with van der Waals surface area (Å²) in [7, 11) is -9.90. The van der Waals surface area contributed by atoms with Gasteiger partial charge in [0.15, 0.2) is 12.2 Å². The van der Waals surface area contributed by atoms with Crippen molar-refractivity contribution in [2.75, 3.05) is 39.6 Å². The average Bonchev–Trinajstić information content (AvgIpc) is 2.28. The van der Waals surface area contributed by atoms with Crippen molar-refractivity contribution in [3.05, 3.63) is 0 Å². The van der Waals surface area contributed by atoms with Gasteiger partial charge in [0, 0.05) is 25.7 Å². The van der Waals surface area contributed by atoms with E-state index in [9.17, 15) is 43.2 Å². The molecule has 0 bridgehead atoms. The molecule has 0 radical (unpaired) electrons. The van der Waals surface area contributed by atoms with Gasteiger partial charge in [0.2, 0.25) is 0 Å². The van der Waals surface area contributed by atoms with Gasteiger partial charge in [-0.3, -0.25) is 37.3 Å². The number of carbonyl (C=O) groups excluding carboxylic acids is 4. The first-order chi connectivity index (χ1) is 47.1. The minimum Gasteiger partial charge on any atom is -0.462 e. The molecular weight excluding hydrogens is 1270 g/mol. The van der Waals surface area contributed by atoms with Crippen molar-refractivity contribution in [1.82, 2.24) is 0 Å². The molecule has 0 spiro atoms. The lowest BCUT2D eigenvalue weighted by atomic mass is 9.99. The van der Waals surface area contributed by atoms with Crippen molar-refractivity contribution in [1.29, 1.82) is 0 Å². The lowest BCUT2D eigenvalue weighted by Gasteiger charge is -2.21. The number of esters is 4. The summed E-state index contributed by atoms with van der Waals surface area (Å²) in [5, 5.41) is 10.6. The number of phosphoric ester groups is 2. The van der Waals surface area contributed by atoms with Crippen LogP contribution in [-0.4, -0.2) is 96.7 Å². The second-order valence-electron chi connectivity index (χ2n) is 28.3. The minimum absolute atomic E-state index is 0.108. The Hall–Kier alpha value is -1.94. The van der Waals surface area contributed by atoms with E-state index in [1.54, 1.807) is 0 Å². The molecule has 0 aromatic carbocycles. The Kier molecular flexibility index (Phi) is 69.6. The van der Waals surface area contributed by atoms with Crippen LogP contribution < -0.4 is 0 Å². The van der Waals surface area contributed by atoms with Gasteiger partial charge in [-0.1, -0.05) is 362 Å². The molecule has 0 aliphatic carbocycles. The van der Waals surface area contributed by atoms with Crippen LogP contribution in [0.1, 0.15) is 413 Å². The van der Waals surface area contributed by atoms with Crippen LogP contribution >= 0.6 is 15.6 Å².